The van der Waals surface area contributed by atoms with Crippen molar-refractivity contribution < 1.29 is 13.8 Å². The molecule has 0 saturated heterocycles. The molecule has 0 aliphatic carbocycles. The minimum Gasteiger partial charge on any atom is -0.366 e. The standard InChI is InChI=1S/C19H22N2O3S/c1-19(2,3)25(24)12-13-5-4-6-16(11-13)21-18(23)15-9-7-14(8-10-15)17(20)22/h4-11H,12H2,1-3H3,(H2,20,22)(H,21,23). The maximum absolute atomic E-state index is 12.3. The van der Waals surface area contributed by atoms with E-state index in [0.29, 0.717) is 22.6 Å². The van der Waals surface area contributed by atoms with Gasteiger partial charge in [0.1, 0.15) is 0 Å². The van der Waals surface area contributed by atoms with Gasteiger partial charge in [0.15, 0.2) is 0 Å². The van der Waals surface area contributed by atoms with Crippen LogP contribution in [0.3, 0.4) is 0 Å². The SMILES string of the molecule is CC(C)(C)S(=O)Cc1cccc(NC(=O)c2ccc(C(N)=O)cc2)c1. The second-order valence-corrected chi connectivity index (χ2v) is 8.90. The van der Waals surface area contributed by atoms with Gasteiger partial charge in [0.05, 0.1) is 0 Å². The van der Waals surface area contributed by atoms with E-state index in [0.717, 1.165) is 5.56 Å². The Balaban J connectivity index is 2.09. The molecule has 0 aromatic heterocycles. The van der Waals surface area contributed by atoms with E-state index in [1.54, 1.807) is 18.2 Å². The van der Waals surface area contributed by atoms with Crippen molar-refractivity contribution >= 4 is 28.3 Å². The highest BCUT2D eigenvalue weighted by Gasteiger charge is 2.19. The van der Waals surface area contributed by atoms with Gasteiger partial charge in [-0.1, -0.05) is 12.1 Å². The lowest BCUT2D eigenvalue weighted by atomic mass is 10.1. The number of amides is 2. The summed E-state index contributed by atoms with van der Waals surface area (Å²) in [5.74, 6) is -0.392. The molecule has 0 bridgehead atoms. The maximum atomic E-state index is 12.3. The van der Waals surface area contributed by atoms with Gasteiger partial charge in [0, 0.05) is 38.1 Å². The minimum atomic E-state index is -1.01. The number of primary amides is 1. The molecule has 0 aliphatic rings. The Morgan fingerprint density at radius 2 is 1.64 bits per heavy atom. The first-order valence-corrected chi connectivity index (χ1v) is 9.17. The van der Waals surface area contributed by atoms with E-state index in [2.05, 4.69) is 5.32 Å². The summed E-state index contributed by atoms with van der Waals surface area (Å²) >= 11 is 0. The summed E-state index contributed by atoms with van der Waals surface area (Å²) in [7, 11) is -1.01. The minimum absolute atomic E-state index is 0.287. The lowest BCUT2D eigenvalue weighted by molar-refractivity contribution is 0.0995. The van der Waals surface area contributed by atoms with Gasteiger partial charge in [0.25, 0.3) is 5.91 Å². The molecule has 0 saturated carbocycles. The van der Waals surface area contributed by atoms with Gasteiger partial charge in [0.2, 0.25) is 5.91 Å². The Bertz CT molecular complexity index is 808. The second kappa shape index (κ2) is 7.61. The van der Waals surface area contributed by atoms with E-state index in [9.17, 15) is 13.8 Å². The van der Waals surface area contributed by atoms with Crippen molar-refractivity contribution in [3.63, 3.8) is 0 Å². The van der Waals surface area contributed by atoms with Crippen LogP contribution in [0.2, 0.25) is 0 Å². The van der Waals surface area contributed by atoms with Gasteiger partial charge in [-0.3, -0.25) is 13.8 Å². The van der Waals surface area contributed by atoms with E-state index in [-0.39, 0.29) is 10.7 Å². The number of carbonyl (C=O) groups excluding carboxylic acids is 2. The zero-order chi connectivity index (χ0) is 18.6. The summed E-state index contributed by atoms with van der Waals surface area (Å²) < 4.78 is 12.0. The van der Waals surface area contributed by atoms with Crippen LogP contribution in [0, 0.1) is 0 Å². The van der Waals surface area contributed by atoms with Crippen molar-refractivity contribution in [2.24, 2.45) is 5.73 Å². The lowest BCUT2D eigenvalue weighted by Crippen LogP contribution is -2.23. The number of nitrogens with two attached hydrogens (primary N) is 1. The van der Waals surface area contributed by atoms with Crippen LogP contribution in [-0.2, 0) is 16.6 Å². The fourth-order valence-electron chi connectivity index (χ4n) is 2.10. The molecule has 2 aromatic carbocycles. The molecule has 0 fully saturated rings. The fourth-order valence-corrected chi connectivity index (χ4v) is 3.01. The topological polar surface area (TPSA) is 89.3 Å². The number of hydrogen-bond acceptors (Lipinski definition) is 3. The molecule has 0 aliphatic heterocycles. The highest BCUT2D eigenvalue weighted by Crippen LogP contribution is 2.19. The van der Waals surface area contributed by atoms with Crippen molar-refractivity contribution in [3.8, 4) is 0 Å². The molecule has 0 radical (unpaired) electrons. The molecule has 2 aromatic rings. The maximum Gasteiger partial charge on any atom is 0.255 e. The quantitative estimate of drug-likeness (QED) is 0.861. The average Bonchev–Trinajstić information content (AvgIpc) is 2.54. The van der Waals surface area contributed by atoms with Gasteiger partial charge in [-0.2, -0.15) is 0 Å². The Kier molecular flexibility index (Phi) is 5.74. The van der Waals surface area contributed by atoms with Crippen LogP contribution in [0.15, 0.2) is 48.5 Å². The van der Waals surface area contributed by atoms with Gasteiger partial charge >= 0.3 is 0 Å². The van der Waals surface area contributed by atoms with Crippen molar-refractivity contribution in [2.45, 2.75) is 31.3 Å². The summed E-state index contributed by atoms with van der Waals surface area (Å²) in [5.41, 5.74) is 7.49. The molecular weight excluding hydrogens is 336 g/mol. The van der Waals surface area contributed by atoms with E-state index >= 15 is 0 Å². The zero-order valence-corrected chi connectivity index (χ0v) is 15.4. The number of benzene rings is 2. The molecule has 2 amide bonds. The van der Waals surface area contributed by atoms with Crippen LogP contribution >= 0.6 is 0 Å². The van der Waals surface area contributed by atoms with Crippen LogP contribution in [0.5, 0.6) is 0 Å². The van der Waals surface area contributed by atoms with Crippen molar-refractivity contribution in [1.29, 1.82) is 0 Å². The fraction of sp³-hybridized carbons (Fsp3) is 0.263. The van der Waals surface area contributed by atoms with Crippen molar-refractivity contribution in [3.05, 3.63) is 65.2 Å². The number of carbonyl (C=O) groups is 2. The van der Waals surface area contributed by atoms with Crippen LogP contribution in [-0.4, -0.2) is 20.8 Å². The molecule has 0 heterocycles. The molecule has 3 N–H and O–H groups in total. The van der Waals surface area contributed by atoms with Gasteiger partial charge in [-0.15, -0.1) is 0 Å². The van der Waals surface area contributed by atoms with Crippen LogP contribution < -0.4 is 11.1 Å². The molecule has 132 valence electrons. The summed E-state index contributed by atoms with van der Waals surface area (Å²) in [5, 5.41) is 2.81. The van der Waals surface area contributed by atoms with Crippen LogP contribution in [0.25, 0.3) is 0 Å². The molecule has 0 spiro atoms. The van der Waals surface area contributed by atoms with Crippen LogP contribution in [0.1, 0.15) is 47.1 Å². The normalized spacial score (nSPS) is 12.4. The van der Waals surface area contributed by atoms with E-state index < -0.39 is 16.7 Å². The number of rotatable bonds is 5. The largest absolute Gasteiger partial charge is 0.366 e. The molecule has 25 heavy (non-hydrogen) atoms. The smallest absolute Gasteiger partial charge is 0.255 e. The Labute approximate surface area is 150 Å². The van der Waals surface area contributed by atoms with E-state index in [1.165, 1.54) is 12.1 Å². The molecule has 1 atom stereocenters. The molecular formula is C19H22N2O3S. The number of hydrogen-bond donors (Lipinski definition) is 2. The third-order valence-electron chi connectivity index (χ3n) is 3.60. The lowest BCUT2D eigenvalue weighted by Gasteiger charge is -2.18. The number of anilines is 1. The Morgan fingerprint density at radius 3 is 2.20 bits per heavy atom. The van der Waals surface area contributed by atoms with Gasteiger partial charge < -0.3 is 11.1 Å². The Morgan fingerprint density at radius 1 is 1.04 bits per heavy atom. The van der Waals surface area contributed by atoms with Crippen LogP contribution in [0.4, 0.5) is 5.69 Å². The highest BCUT2D eigenvalue weighted by atomic mass is 32.2. The van der Waals surface area contributed by atoms with E-state index in [4.69, 9.17) is 5.73 Å². The Hall–Kier alpha value is -2.47. The summed E-state index contributed by atoms with van der Waals surface area (Å²) in [6, 6.07) is 13.4. The molecule has 5 nitrogen and oxygen atoms in total. The third kappa shape index (κ3) is 5.26. The summed E-state index contributed by atoms with van der Waals surface area (Å²) in [6.45, 7) is 5.81. The number of nitrogens with one attached hydrogen (secondary N) is 1. The first kappa shape index (κ1) is 18.9. The average molecular weight is 358 g/mol. The van der Waals surface area contributed by atoms with Gasteiger partial charge in [-0.25, -0.2) is 0 Å². The summed E-state index contributed by atoms with van der Waals surface area (Å²) in [4.78, 5) is 23.4. The first-order chi connectivity index (χ1) is 11.7. The molecule has 2 rings (SSSR count). The predicted molar refractivity (Wildman–Crippen MR) is 101 cm³/mol. The third-order valence-corrected chi connectivity index (χ3v) is 5.56. The van der Waals surface area contributed by atoms with E-state index in [1.807, 2.05) is 39.0 Å². The molecule has 6 heteroatoms. The molecule has 1 unspecified atom stereocenters. The highest BCUT2D eigenvalue weighted by molar-refractivity contribution is 7.85. The monoisotopic (exact) mass is 358 g/mol. The first-order valence-electron chi connectivity index (χ1n) is 7.85. The zero-order valence-electron chi connectivity index (χ0n) is 14.5. The second-order valence-electron chi connectivity index (χ2n) is 6.70. The van der Waals surface area contributed by atoms with Gasteiger partial charge in [-0.05, 0) is 62.7 Å². The predicted octanol–water partition coefficient (Wildman–Crippen LogP) is 3.09. The van der Waals surface area contributed by atoms with Crippen molar-refractivity contribution in [2.75, 3.05) is 5.32 Å². The summed E-state index contributed by atoms with van der Waals surface area (Å²) in [6.07, 6.45) is 0. The van der Waals surface area contributed by atoms with Crippen molar-refractivity contribution in [1.82, 2.24) is 0 Å².